The molecular weight excluding hydrogens is 510 g/mol. The van der Waals surface area contributed by atoms with Gasteiger partial charge in [-0.3, -0.25) is 14.5 Å². The van der Waals surface area contributed by atoms with Crippen LogP contribution in [0.5, 0.6) is 11.5 Å². The summed E-state index contributed by atoms with van der Waals surface area (Å²) in [4.78, 5) is 26.9. The maximum Gasteiger partial charge on any atom is 0.303 e. The van der Waals surface area contributed by atoms with Crippen LogP contribution >= 0.6 is 24.0 Å². The number of unbranched alkanes of at least 4 members (excludes halogenated alkanes) is 1. The molecule has 2 bridgehead atoms. The Bertz CT molecular complexity index is 1230. The van der Waals surface area contributed by atoms with Crippen LogP contribution < -0.4 is 9.47 Å². The summed E-state index contributed by atoms with van der Waals surface area (Å²) < 4.78 is 17.8. The first-order valence-electron chi connectivity index (χ1n) is 12.7. The number of furan rings is 1. The van der Waals surface area contributed by atoms with Crippen molar-refractivity contribution in [3.63, 3.8) is 0 Å². The van der Waals surface area contributed by atoms with Gasteiger partial charge in [-0.25, -0.2) is 0 Å². The SMILES string of the molecule is COc1cc(OC)cc(-c2cc(CCCCC(=O)O)c(/C=C3\SC(=S)N(C4CC5CCC4C5)C3=O)o2)c1. The van der Waals surface area contributed by atoms with Crippen LogP contribution in [0, 0.1) is 11.8 Å². The largest absolute Gasteiger partial charge is 0.497 e. The number of rotatable bonds is 10. The molecule has 1 amide bonds. The van der Waals surface area contributed by atoms with E-state index in [1.165, 1.54) is 31.0 Å². The van der Waals surface area contributed by atoms with E-state index in [0.717, 1.165) is 17.5 Å². The fourth-order valence-corrected chi connectivity index (χ4v) is 7.20. The molecule has 196 valence electrons. The van der Waals surface area contributed by atoms with Gasteiger partial charge in [0, 0.05) is 30.2 Å². The number of carboxylic acids is 1. The number of aryl methyl sites for hydroxylation is 1. The first-order chi connectivity index (χ1) is 17.9. The lowest BCUT2D eigenvalue weighted by Gasteiger charge is -2.30. The van der Waals surface area contributed by atoms with Crippen molar-refractivity contribution in [1.82, 2.24) is 4.90 Å². The minimum atomic E-state index is -0.805. The van der Waals surface area contributed by atoms with Gasteiger partial charge < -0.3 is 19.0 Å². The van der Waals surface area contributed by atoms with Crippen molar-refractivity contribution in [2.75, 3.05) is 14.2 Å². The predicted octanol–water partition coefficient (Wildman–Crippen LogP) is 6.15. The molecule has 1 aromatic heterocycles. The number of methoxy groups -OCH3 is 2. The van der Waals surface area contributed by atoms with Gasteiger partial charge in [-0.15, -0.1) is 0 Å². The van der Waals surface area contributed by atoms with Crippen LogP contribution in [0.4, 0.5) is 0 Å². The normalized spacial score (nSPS) is 23.9. The summed E-state index contributed by atoms with van der Waals surface area (Å²) in [5.41, 5.74) is 1.71. The summed E-state index contributed by atoms with van der Waals surface area (Å²) in [6.45, 7) is 0. The number of hydrogen-bond donors (Lipinski definition) is 1. The second-order valence-electron chi connectivity index (χ2n) is 10.00. The molecule has 9 heteroatoms. The molecule has 1 N–H and O–H groups in total. The topological polar surface area (TPSA) is 89.2 Å². The number of hydrogen-bond acceptors (Lipinski definition) is 7. The molecule has 2 heterocycles. The molecular formula is C28H31NO6S2. The number of fused-ring (bicyclic) bond motifs is 2. The summed E-state index contributed by atoms with van der Waals surface area (Å²) in [6, 6.07) is 7.70. The second-order valence-corrected chi connectivity index (χ2v) is 11.7. The maximum atomic E-state index is 13.5. The second kappa shape index (κ2) is 10.9. The number of carboxylic acid groups (broad SMARTS) is 1. The summed E-state index contributed by atoms with van der Waals surface area (Å²) >= 11 is 7.00. The number of ether oxygens (including phenoxy) is 2. The van der Waals surface area contributed by atoms with Gasteiger partial charge in [0.2, 0.25) is 0 Å². The van der Waals surface area contributed by atoms with Gasteiger partial charge in [0.15, 0.2) is 0 Å². The number of carbonyl (C=O) groups is 2. The van der Waals surface area contributed by atoms with Gasteiger partial charge in [-0.2, -0.15) is 0 Å². The lowest BCUT2D eigenvalue weighted by atomic mass is 9.94. The smallest absolute Gasteiger partial charge is 0.303 e. The average molecular weight is 542 g/mol. The molecule has 1 saturated heterocycles. The molecule has 3 aliphatic rings. The third-order valence-electron chi connectivity index (χ3n) is 7.68. The zero-order valence-corrected chi connectivity index (χ0v) is 22.7. The predicted molar refractivity (Wildman–Crippen MR) is 147 cm³/mol. The summed E-state index contributed by atoms with van der Waals surface area (Å²) in [5.74, 6) is 2.93. The number of thiocarbonyl (C=S) groups is 1. The standard InChI is InChI=1S/C28H31NO6S2/c1-33-20-11-19(12-21(14-20)34-2)23-13-18(5-3-4-6-26(30)31)24(35-23)15-25-27(32)29(28(36)37-25)22-10-16-7-8-17(22)9-16/h11-17,22H,3-10H2,1-2H3,(H,30,31)/b25-15-. The lowest BCUT2D eigenvalue weighted by molar-refractivity contribution is -0.137. The molecule has 5 rings (SSSR count). The van der Waals surface area contributed by atoms with Crippen LogP contribution in [0.1, 0.15) is 56.3 Å². The highest BCUT2D eigenvalue weighted by Gasteiger charge is 2.48. The molecule has 37 heavy (non-hydrogen) atoms. The van der Waals surface area contributed by atoms with Crippen LogP contribution in [-0.4, -0.2) is 46.5 Å². The third kappa shape index (κ3) is 5.43. The summed E-state index contributed by atoms with van der Waals surface area (Å²) in [5, 5.41) is 9.01. The number of amides is 1. The Morgan fingerprint density at radius 2 is 1.92 bits per heavy atom. The van der Waals surface area contributed by atoms with Crippen molar-refractivity contribution in [2.24, 2.45) is 11.8 Å². The van der Waals surface area contributed by atoms with E-state index in [0.29, 0.717) is 63.3 Å². The van der Waals surface area contributed by atoms with Gasteiger partial charge >= 0.3 is 5.97 Å². The van der Waals surface area contributed by atoms with Gasteiger partial charge in [0.1, 0.15) is 27.3 Å². The Morgan fingerprint density at radius 1 is 1.16 bits per heavy atom. The Kier molecular flexibility index (Phi) is 7.62. The molecule has 0 spiro atoms. The van der Waals surface area contributed by atoms with Crippen molar-refractivity contribution in [1.29, 1.82) is 0 Å². The van der Waals surface area contributed by atoms with Crippen molar-refractivity contribution in [3.05, 3.63) is 40.5 Å². The lowest BCUT2D eigenvalue weighted by Crippen LogP contribution is -2.41. The van der Waals surface area contributed by atoms with Crippen LogP contribution in [0.3, 0.4) is 0 Å². The van der Waals surface area contributed by atoms with E-state index in [9.17, 15) is 9.59 Å². The van der Waals surface area contributed by atoms with Gasteiger partial charge in [-0.1, -0.05) is 30.4 Å². The van der Waals surface area contributed by atoms with Crippen LogP contribution in [0.2, 0.25) is 0 Å². The molecule has 2 aromatic rings. The number of carbonyl (C=O) groups excluding carboxylic acids is 1. The molecule has 7 nitrogen and oxygen atoms in total. The summed E-state index contributed by atoms with van der Waals surface area (Å²) in [7, 11) is 3.19. The highest BCUT2D eigenvalue weighted by molar-refractivity contribution is 8.26. The highest BCUT2D eigenvalue weighted by atomic mass is 32.2. The number of thioether (sulfide) groups is 1. The Morgan fingerprint density at radius 3 is 2.54 bits per heavy atom. The minimum Gasteiger partial charge on any atom is -0.497 e. The van der Waals surface area contributed by atoms with E-state index in [2.05, 4.69) is 0 Å². The van der Waals surface area contributed by atoms with Gasteiger partial charge in [0.25, 0.3) is 5.91 Å². The van der Waals surface area contributed by atoms with E-state index in [1.807, 2.05) is 23.1 Å². The van der Waals surface area contributed by atoms with Crippen LogP contribution in [0.25, 0.3) is 17.4 Å². The van der Waals surface area contributed by atoms with Crippen molar-refractivity contribution in [3.8, 4) is 22.8 Å². The average Bonchev–Trinajstić information content (AvgIpc) is 3.66. The molecule has 0 radical (unpaired) electrons. The number of nitrogens with zero attached hydrogens (tertiary/aromatic N) is 1. The summed E-state index contributed by atoms with van der Waals surface area (Å²) in [6.07, 6.45) is 8.51. The molecule has 2 saturated carbocycles. The van der Waals surface area contributed by atoms with Gasteiger partial charge in [0.05, 0.1) is 19.1 Å². The number of benzene rings is 1. The van der Waals surface area contributed by atoms with E-state index in [-0.39, 0.29) is 18.4 Å². The van der Waals surface area contributed by atoms with E-state index >= 15 is 0 Å². The fraction of sp³-hybridized carbons (Fsp3) is 0.464. The highest BCUT2D eigenvalue weighted by Crippen LogP contribution is 2.49. The maximum absolute atomic E-state index is 13.5. The van der Waals surface area contributed by atoms with Crippen LogP contribution in [-0.2, 0) is 16.0 Å². The van der Waals surface area contributed by atoms with E-state index in [4.69, 9.17) is 31.2 Å². The first-order valence-corrected chi connectivity index (χ1v) is 13.9. The molecule has 3 atom stereocenters. The van der Waals surface area contributed by atoms with Crippen molar-refractivity contribution < 1.29 is 28.6 Å². The first kappa shape index (κ1) is 25.9. The zero-order chi connectivity index (χ0) is 26.1. The monoisotopic (exact) mass is 541 g/mol. The third-order valence-corrected chi connectivity index (χ3v) is 9.01. The van der Waals surface area contributed by atoms with E-state index < -0.39 is 5.97 Å². The van der Waals surface area contributed by atoms with Gasteiger partial charge in [-0.05, 0) is 74.1 Å². The molecule has 3 unspecified atom stereocenters. The quantitative estimate of drug-likeness (QED) is 0.218. The van der Waals surface area contributed by atoms with Crippen LogP contribution in [0.15, 0.2) is 33.6 Å². The Labute approximate surface area is 226 Å². The molecule has 1 aromatic carbocycles. The van der Waals surface area contributed by atoms with Crippen molar-refractivity contribution >= 4 is 46.3 Å². The zero-order valence-electron chi connectivity index (χ0n) is 21.0. The Hall–Kier alpha value is -2.78. The number of aliphatic carboxylic acids is 1. The fourth-order valence-electron chi connectivity index (χ4n) is 5.86. The van der Waals surface area contributed by atoms with E-state index in [1.54, 1.807) is 26.4 Å². The molecule has 2 aliphatic carbocycles. The minimum absolute atomic E-state index is 0.0367. The Balaban J connectivity index is 1.44. The van der Waals surface area contributed by atoms with Crippen molar-refractivity contribution in [2.45, 2.75) is 57.4 Å². The molecule has 1 aliphatic heterocycles. The molecule has 3 fully saturated rings.